The second-order valence-electron chi connectivity index (χ2n) is 7.42. The molecule has 0 atom stereocenters. The SMILES string of the molecule is CC(C)(NC(=O)CC1(CN)CCCCC1)c1ccc([N+](=O)[O-])cc1. The van der Waals surface area contributed by atoms with Crippen LogP contribution in [0.3, 0.4) is 0 Å². The monoisotopic (exact) mass is 333 g/mol. The molecule has 0 bridgehead atoms. The van der Waals surface area contributed by atoms with Crippen LogP contribution in [0.15, 0.2) is 24.3 Å². The summed E-state index contributed by atoms with van der Waals surface area (Å²) >= 11 is 0. The molecule has 1 fully saturated rings. The van der Waals surface area contributed by atoms with Crippen molar-refractivity contribution < 1.29 is 9.72 Å². The minimum absolute atomic E-state index is 0.00861. The maximum absolute atomic E-state index is 12.6. The number of nitro benzene ring substituents is 1. The Morgan fingerprint density at radius 3 is 2.33 bits per heavy atom. The number of amides is 1. The fourth-order valence-electron chi connectivity index (χ4n) is 3.56. The highest BCUT2D eigenvalue weighted by molar-refractivity contribution is 5.77. The molecule has 1 aliphatic carbocycles. The predicted octanol–water partition coefficient (Wildman–Crippen LogP) is 3.25. The Labute approximate surface area is 143 Å². The van der Waals surface area contributed by atoms with Crippen molar-refractivity contribution in [2.75, 3.05) is 6.54 Å². The van der Waals surface area contributed by atoms with Gasteiger partial charge in [0.2, 0.25) is 5.91 Å². The van der Waals surface area contributed by atoms with E-state index < -0.39 is 10.5 Å². The summed E-state index contributed by atoms with van der Waals surface area (Å²) in [5, 5.41) is 13.8. The van der Waals surface area contributed by atoms with Gasteiger partial charge in [-0.15, -0.1) is 0 Å². The van der Waals surface area contributed by atoms with E-state index in [1.165, 1.54) is 18.6 Å². The number of hydrogen-bond donors (Lipinski definition) is 2. The summed E-state index contributed by atoms with van der Waals surface area (Å²) in [4.78, 5) is 22.9. The predicted molar refractivity (Wildman–Crippen MR) is 93.5 cm³/mol. The lowest BCUT2D eigenvalue weighted by Crippen LogP contribution is -2.45. The van der Waals surface area contributed by atoms with Crippen LogP contribution in [0.4, 0.5) is 5.69 Å². The first-order valence-electron chi connectivity index (χ1n) is 8.54. The molecule has 3 N–H and O–H groups in total. The topological polar surface area (TPSA) is 98.3 Å². The molecule has 132 valence electrons. The third-order valence-electron chi connectivity index (χ3n) is 5.13. The second kappa shape index (κ2) is 7.30. The number of nitro groups is 1. The van der Waals surface area contributed by atoms with Crippen molar-refractivity contribution in [2.24, 2.45) is 11.1 Å². The van der Waals surface area contributed by atoms with Crippen molar-refractivity contribution >= 4 is 11.6 Å². The van der Waals surface area contributed by atoms with Gasteiger partial charge in [-0.1, -0.05) is 19.3 Å². The number of carbonyl (C=O) groups is 1. The Morgan fingerprint density at radius 1 is 1.25 bits per heavy atom. The number of benzene rings is 1. The molecule has 0 aromatic heterocycles. The quantitative estimate of drug-likeness (QED) is 0.616. The molecule has 0 radical (unpaired) electrons. The van der Waals surface area contributed by atoms with Gasteiger partial charge in [-0.2, -0.15) is 0 Å². The van der Waals surface area contributed by atoms with Crippen LogP contribution < -0.4 is 11.1 Å². The summed E-state index contributed by atoms with van der Waals surface area (Å²) in [6.07, 6.45) is 5.95. The highest BCUT2D eigenvalue weighted by Crippen LogP contribution is 2.38. The Kier molecular flexibility index (Phi) is 5.59. The van der Waals surface area contributed by atoms with Crippen LogP contribution in [0.5, 0.6) is 0 Å². The van der Waals surface area contributed by atoms with Gasteiger partial charge in [-0.25, -0.2) is 0 Å². The fourth-order valence-corrected chi connectivity index (χ4v) is 3.56. The molecule has 1 aromatic rings. The molecular weight excluding hydrogens is 306 g/mol. The van der Waals surface area contributed by atoms with Crippen molar-refractivity contribution in [1.29, 1.82) is 0 Å². The number of nitrogens with one attached hydrogen (secondary N) is 1. The molecule has 0 unspecified atom stereocenters. The molecular formula is C18H27N3O3. The van der Waals surface area contributed by atoms with Gasteiger partial charge in [-0.05, 0) is 56.3 Å². The molecule has 1 aliphatic rings. The Bertz CT molecular complexity index is 590. The highest BCUT2D eigenvalue weighted by Gasteiger charge is 2.34. The van der Waals surface area contributed by atoms with Gasteiger partial charge >= 0.3 is 0 Å². The smallest absolute Gasteiger partial charge is 0.269 e. The lowest BCUT2D eigenvalue weighted by Gasteiger charge is -2.37. The average Bonchev–Trinajstić information content (AvgIpc) is 2.55. The van der Waals surface area contributed by atoms with E-state index in [-0.39, 0.29) is 17.0 Å². The molecule has 24 heavy (non-hydrogen) atoms. The van der Waals surface area contributed by atoms with Gasteiger partial charge in [0, 0.05) is 18.6 Å². The van der Waals surface area contributed by atoms with E-state index >= 15 is 0 Å². The van der Waals surface area contributed by atoms with Crippen molar-refractivity contribution in [1.82, 2.24) is 5.32 Å². The number of nitrogens with zero attached hydrogens (tertiary/aromatic N) is 1. The van der Waals surface area contributed by atoms with Gasteiger partial charge in [-0.3, -0.25) is 14.9 Å². The molecule has 6 heteroatoms. The maximum atomic E-state index is 12.6. The normalized spacial score (nSPS) is 17.3. The van der Waals surface area contributed by atoms with Gasteiger partial charge in [0.15, 0.2) is 0 Å². The van der Waals surface area contributed by atoms with Crippen molar-refractivity contribution in [3.8, 4) is 0 Å². The van der Waals surface area contributed by atoms with Crippen LogP contribution in [-0.4, -0.2) is 17.4 Å². The number of nitrogens with two attached hydrogens (primary N) is 1. The van der Waals surface area contributed by atoms with Gasteiger partial charge in [0.05, 0.1) is 10.5 Å². The Hall–Kier alpha value is -1.95. The lowest BCUT2D eigenvalue weighted by atomic mass is 9.71. The minimum Gasteiger partial charge on any atom is -0.347 e. The highest BCUT2D eigenvalue weighted by atomic mass is 16.6. The van der Waals surface area contributed by atoms with Crippen molar-refractivity contribution in [2.45, 2.75) is 57.9 Å². The van der Waals surface area contributed by atoms with Crippen LogP contribution >= 0.6 is 0 Å². The first-order chi connectivity index (χ1) is 11.3. The zero-order valence-corrected chi connectivity index (χ0v) is 14.5. The standard InChI is InChI=1S/C18H27N3O3/c1-17(2,14-6-8-15(9-7-14)21(23)24)20-16(22)12-18(13-19)10-4-3-5-11-18/h6-9H,3-5,10-13,19H2,1-2H3,(H,20,22). The van der Waals surface area contributed by atoms with Gasteiger partial charge in [0.25, 0.3) is 5.69 Å². The molecule has 2 rings (SSSR count). The van der Waals surface area contributed by atoms with E-state index in [0.717, 1.165) is 31.2 Å². The van der Waals surface area contributed by atoms with Crippen LogP contribution in [0, 0.1) is 15.5 Å². The Morgan fingerprint density at radius 2 is 1.83 bits per heavy atom. The van der Waals surface area contributed by atoms with Crippen molar-refractivity contribution in [3.63, 3.8) is 0 Å². The van der Waals surface area contributed by atoms with Crippen molar-refractivity contribution in [3.05, 3.63) is 39.9 Å². The molecule has 6 nitrogen and oxygen atoms in total. The second-order valence-corrected chi connectivity index (χ2v) is 7.42. The number of non-ortho nitro benzene ring substituents is 1. The first-order valence-corrected chi connectivity index (χ1v) is 8.54. The molecule has 1 saturated carbocycles. The molecule has 0 saturated heterocycles. The first kappa shape index (κ1) is 18.4. The number of rotatable bonds is 6. The molecule has 0 aliphatic heterocycles. The van der Waals surface area contributed by atoms with E-state index in [9.17, 15) is 14.9 Å². The average molecular weight is 333 g/mol. The van der Waals surface area contributed by atoms with E-state index in [0.29, 0.717) is 13.0 Å². The Balaban J connectivity index is 2.04. The minimum atomic E-state index is -0.587. The van der Waals surface area contributed by atoms with Gasteiger partial charge in [0.1, 0.15) is 0 Å². The maximum Gasteiger partial charge on any atom is 0.269 e. The molecule has 0 spiro atoms. The summed E-state index contributed by atoms with van der Waals surface area (Å²) < 4.78 is 0. The van der Waals surface area contributed by atoms with E-state index in [1.807, 2.05) is 13.8 Å². The molecule has 1 amide bonds. The number of carbonyl (C=O) groups excluding carboxylic acids is 1. The van der Waals surface area contributed by atoms with E-state index in [1.54, 1.807) is 12.1 Å². The third kappa shape index (κ3) is 4.32. The summed E-state index contributed by atoms with van der Waals surface area (Å²) in [6, 6.07) is 6.31. The summed E-state index contributed by atoms with van der Waals surface area (Å²) in [6.45, 7) is 4.35. The largest absolute Gasteiger partial charge is 0.347 e. The lowest BCUT2D eigenvalue weighted by molar-refractivity contribution is -0.384. The fraction of sp³-hybridized carbons (Fsp3) is 0.611. The third-order valence-corrected chi connectivity index (χ3v) is 5.13. The summed E-state index contributed by atoms with van der Waals surface area (Å²) in [5.41, 5.74) is 6.19. The van der Waals surface area contributed by atoms with Gasteiger partial charge < -0.3 is 11.1 Å². The van der Waals surface area contributed by atoms with Crippen LogP contribution in [0.1, 0.15) is 57.9 Å². The van der Waals surface area contributed by atoms with Crippen LogP contribution in [0.25, 0.3) is 0 Å². The zero-order valence-electron chi connectivity index (χ0n) is 14.5. The van der Waals surface area contributed by atoms with Crippen LogP contribution in [0.2, 0.25) is 0 Å². The summed E-state index contributed by atoms with van der Waals surface area (Å²) in [5.74, 6) is -0.00861. The van der Waals surface area contributed by atoms with E-state index in [4.69, 9.17) is 5.73 Å². The van der Waals surface area contributed by atoms with E-state index in [2.05, 4.69) is 5.32 Å². The van der Waals surface area contributed by atoms with Crippen LogP contribution in [-0.2, 0) is 10.3 Å². The molecule has 1 aromatic carbocycles. The molecule has 0 heterocycles. The summed E-state index contributed by atoms with van der Waals surface area (Å²) in [7, 11) is 0. The zero-order chi connectivity index (χ0) is 17.8. The number of hydrogen-bond acceptors (Lipinski definition) is 4.